The second-order valence-electron chi connectivity index (χ2n) is 5.84. The molecule has 0 fully saturated rings. The standard InChI is InChI=1S/C20H16ClN3O2S/c1-13-5-4-6-16(21)19(13)25-12-15-10-9-14(26-15)11-22-24-20-23-17-7-2-3-8-18(17)27-20/h2-11H,12H2,1H3,(H,23,24)/b22-11+. The summed E-state index contributed by atoms with van der Waals surface area (Å²) in [5.41, 5.74) is 4.87. The van der Waals surface area contributed by atoms with Crippen LogP contribution in [0.5, 0.6) is 5.75 Å². The predicted molar refractivity (Wildman–Crippen MR) is 110 cm³/mol. The van der Waals surface area contributed by atoms with E-state index in [1.165, 1.54) is 0 Å². The number of hydrogen-bond acceptors (Lipinski definition) is 6. The molecule has 2 aromatic carbocycles. The molecule has 0 bridgehead atoms. The van der Waals surface area contributed by atoms with Gasteiger partial charge in [0.2, 0.25) is 5.13 Å². The third-order valence-corrected chi connectivity index (χ3v) is 5.09. The van der Waals surface area contributed by atoms with E-state index < -0.39 is 0 Å². The van der Waals surface area contributed by atoms with Crippen molar-refractivity contribution in [2.24, 2.45) is 5.10 Å². The Balaban J connectivity index is 1.37. The summed E-state index contributed by atoms with van der Waals surface area (Å²) >= 11 is 7.71. The Kier molecular flexibility index (Phi) is 5.09. The highest BCUT2D eigenvalue weighted by Crippen LogP contribution is 2.29. The molecule has 0 aliphatic carbocycles. The summed E-state index contributed by atoms with van der Waals surface area (Å²) in [6.45, 7) is 2.25. The highest BCUT2D eigenvalue weighted by molar-refractivity contribution is 7.22. The smallest absolute Gasteiger partial charge is 0.204 e. The third kappa shape index (κ3) is 4.13. The number of thiazole rings is 1. The summed E-state index contributed by atoms with van der Waals surface area (Å²) < 4.78 is 12.6. The fraction of sp³-hybridized carbons (Fsp3) is 0.100. The summed E-state index contributed by atoms with van der Waals surface area (Å²) in [6, 6.07) is 17.3. The molecule has 0 spiro atoms. The van der Waals surface area contributed by atoms with Crippen molar-refractivity contribution in [3.05, 3.63) is 76.7 Å². The first kappa shape index (κ1) is 17.6. The van der Waals surface area contributed by atoms with E-state index in [4.69, 9.17) is 20.8 Å². The fourth-order valence-corrected chi connectivity index (χ4v) is 3.65. The van der Waals surface area contributed by atoms with Gasteiger partial charge in [0.25, 0.3) is 0 Å². The quantitative estimate of drug-likeness (QED) is 0.326. The second kappa shape index (κ2) is 7.82. The molecule has 0 aliphatic rings. The van der Waals surface area contributed by atoms with Crippen LogP contribution < -0.4 is 10.2 Å². The monoisotopic (exact) mass is 397 g/mol. The number of aromatic nitrogens is 1. The Labute approximate surface area is 165 Å². The molecular formula is C20H16ClN3O2S. The van der Waals surface area contributed by atoms with Crippen LogP contribution in [-0.2, 0) is 6.61 Å². The topological polar surface area (TPSA) is 59.6 Å². The number of anilines is 1. The maximum Gasteiger partial charge on any atom is 0.204 e. The molecule has 0 aliphatic heterocycles. The van der Waals surface area contributed by atoms with Crippen LogP contribution in [0.3, 0.4) is 0 Å². The lowest BCUT2D eigenvalue weighted by molar-refractivity contribution is 0.268. The average Bonchev–Trinajstić information content (AvgIpc) is 3.27. The van der Waals surface area contributed by atoms with Crippen molar-refractivity contribution in [2.75, 3.05) is 5.43 Å². The number of aryl methyl sites for hydroxylation is 1. The molecule has 0 amide bonds. The highest BCUT2D eigenvalue weighted by atomic mass is 35.5. The summed E-state index contributed by atoms with van der Waals surface area (Å²) in [6.07, 6.45) is 1.61. The molecule has 4 aromatic rings. The van der Waals surface area contributed by atoms with Crippen molar-refractivity contribution in [3.63, 3.8) is 0 Å². The number of nitrogens with one attached hydrogen (secondary N) is 1. The van der Waals surface area contributed by atoms with Crippen molar-refractivity contribution >= 4 is 44.5 Å². The molecule has 0 atom stereocenters. The maximum atomic E-state index is 6.17. The predicted octanol–water partition coefficient (Wildman–Crippen LogP) is 5.88. The minimum absolute atomic E-state index is 0.295. The zero-order chi connectivity index (χ0) is 18.6. The van der Waals surface area contributed by atoms with Gasteiger partial charge in [-0.15, -0.1) is 0 Å². The molecule has 136 valence electrons. The van der Waals surface area contributed by atoms with Gasteiger partial charge in [-0.1, -0.05) is 47.2 Å². The van der Waals surface area contributed by atoms with Crippen molar-refractivity contribution in [2.45, 2.75) is 13.5 Å². The van der Waals surface area contributed by atoms with Gasteiger partial charge in [0, 0.05) is 0 Å². The van der Waals surface area contributed by atoms with Crippen LogP contribution in [0.15, 0.2) is 64.1 Å². The Morgan fingerprint density at radius 3 is 2.93 bits per heavy atom. The number of ether oxygens (including phenoxy) is 1. The summed E-state index contributed by atoms with van der Waals surface area (Å²) in [4.78, 5) is 4.46. The van der Waals surface area contributed by atoms with Crippen LogP contribution >= 0.6 is 22.9 Å². The Morgan fingerprint density at radius 1 is 1.19 bits per heavy atom. The first-order valence-electron chi connectivity index (χ1n) is 8.30. The van der Waals surface area contributed by atoms with E-state index in [-0.39, 0.29) is 0 Å². The van der Waals surface area contributed by atoms with Gasteiger partial charge >= 0.3 is 0 Å². The Hall–Kier alpha value is -2.83. The largest absolute Gasteiger partial charge is 0.484 e. The van der Waals surface area contributed by atoms with Gasteiger partial charge in [-0.3, -0.25) is 5.43 Å². The summed E-state index contributed by atoms with van der Waals surface area (Å²) in [5, 5.41) is 5.50. The van der Waals surface area contributed by atoms with Gasteiger partial charge in [0.15, 0.2) is 0 Å². The van der Waals surface area contributed by atoms with Crippen LogP contribution in [0.25, 0.3) is 10.2 Å². The second-order valence-corrected chi connectivity index (χ2v) is 7.27. The van der Waals surface area contributed by atoms with Crippen molar-refractivity contribution in [1.82, 2.24) is 4.98 Å². The van der Waals surface area contributed by atoms with Gasteiger partial charge in [-0.05, 0) is 42.8 Å². The Morgan fingerprint density at radius 2 is 2.07 bits per heavy atom. The molecular weight excluding hydrogens is 382 g/mol. The molecule has 5 nitrogen and oxygen atoms in total. The lowest BCUT2D eigenvalue weighted by Gasteiger charge is -2.09. The van der Waals surface area contributed by atoms with Gasteiger partial charge in [-0.2, -0.15) is 5.10 Å². The number of rotatable bonds is 6. The first-order chi connectivity index (χ1) is 13.2. The molecule has 4 rings (SSSR count). The van der Waals surface area contributed by atoms with E-state index in [0.29, 0.717) is 28.9 Å². The van der Waals surface area contributed by atoms with Crippen LogP contribution in [0.2, 0.25) is 5.02 Å². The van der Waals surface area contributed by atoms with Gasteiger partial charge in [0.1, 0.15) is 23.9 Å². The molecule has 0 radical (unpaired) electrons. The molecule has 0 unspecified atom stereocenters. The summed E-state index contributed by atoms with van der Waals surface area (Å²) in [7, 11) is 0. The van der Waals surface area contributed by atoms with Crippen LogP contribution in [0.4, 0.5) is 5.13 Å². The van der Waals surface area contributed by atoms with Crippen molar-refractivity contribution < 1.29 is 9.15 Å². The normalized spacial score (nSPS) is 11.3. The van der Waals surface area contributed by atoms with Crippen LogP contribution in [0, 0.1) is 6.92 Å². The number of halogens is 1. The van der Waals surface area contributed by atoms with Crippen LogP contribution in [-0.4, -0.2) is 11.2 Å². The average molecular weight is 398 g/mol. The number of hydrazone groups is 1. The zero-order valence-electron chi connectivity index (χ0n) is 14.5. The van der Waals surface area contributed by atoms with E-state index in [1.807, 2.05) is 55.5 Å². The van der Waals surface area contributed by atoms with E-state index in [2.05, 4.69) is 15.5 Å². The number of fused-ring (bicyclic) bond motifs is 1. The molecule has 2 aromatic heterocycles. The van der Waals surface area contributed by atoms with E-state index in [9.17, 15) is 0 Å². The molecule has 27 heavy (non-hydrogen) atoms. The van der Waals surface area contributed by atoms with Crippen LogP contribution in [0.1, 0.15) is 17.1 Å². The molecule has 7 heteroatoms. The number of hydrogen-bond donors (Lipinski definition) is 1. The number of furan rings is 1. The maximum absolute atomic E-state index is 6.17. The summed E-state index contributed by atoms with van der Waals surface area (Å²) in [5.74, 6) is 1.98. The van der Waals surface area contributed by atoms with E-state index >= 15 is 0 Å². The fourth-order valence-electron chi connectivity index (χ4n) is 2.56. The zero-order valence-corrected chi connectivity index (χ0v) is 16.1. The molecule has 2 heterocycles. The van der Waals surface area contributed by atoms with Gasteiger partial charge in [-0.25, -0.2) is 4.98 Å². The highest BCUT2D eigenvalue weighted by Gasteiger charge is 2.07. The Bertz CT molecular complexity index is 1050. The van der Waals surface area contributed by atoms with Gasteiger partial charge < -0.3 is 9.15 Å². The minimum atomic E-state index is 0.295. The molecule has 1 N–H and O–H groups in total. The van der Waals surface area contributed by atoms with Gasteiger partial charge in [0.05, 0.1) is 21.5 Å². The lowest BCUT2D eigenvalue weighted by Crippen LogP contribution is -1.96. The molecule has 0 saturated heterocycles. The van der Waals surface area contributed by atoms with Crippen molar-refractivity contribution in [3.8, 4) is 5.75 Å². The first-order valence-corrected chi connectivity index (χ1v) is 9.50. The van der Waals surface area contributed by atoms with Crippen molar-refractivity contribution in [1.29, 1.82) is 0 Å². The number of nitrogens with zero attached hydrogens (tertiary/aromatic N) is 2. The number of benzene rings is 2. The number of para-hydroxylation sites is 2. The third-order valence-electron chi connectivity index (χ3n) is 3.85. The van der Waals surface area contributed by atoms with E-state index in [0.717, 1.165) is 20.9 Å². The lowest BCUT2D eigenvalue weighted by atomic mass is 10.2. The SMILES string of the molecule is Cc1cccc(Cl)c1OCc1ccc(/C=N/Nc2nc3ccccc3s2)o1. The molecule has 0 saturated carbocycles. The van der Waals surface area contributed by atoms with E-state index in [1.54, 1.807) is 23.6 Å². The minimum Gasteiger partial charge on any atom is -0.484 e.